The molecule has 0 fully saturated rings. The molecule has 0 saturated heterocycles. The standard InChI is InChI=1S/C13H21NO2/c1-10-7-11(2)13(16-4)12(8-10)5-6-14(3)9-15/h7-8,15H,5-6,9H2,1-4H3. The van der Waals surface area contributed by atoms with Crippen LogP contribution >= 0.6 is 0 Å². The van der Waals surface area contributed by atoms with Crippen LogP contribution in [0, 0.1) is 13.8 Å². The van der Waals surface area contributed by atoms with Gasteiger partial charge in [-0.3, -0.25) is 4.90 Å². The van der Waals surface area contributed by atoms with Gasteiger partial charge in [0.05, 0.1) is 13.8 Å². The Morgan fingerprint density at radius 1 is 1.31 bits per heavy atom. The first-order chi connectivity index (χ1) is 7.58. The third kappa shape index (κ3) is 3.22. The Balaban J connectivity index is 2.85. The normalized spacial score (nSPS) is 10.9. The van der Waals surface area contributed by atoms with Gasteiger partial charge in [-0.25, -0.2) is 0 Å². The zero-order valence-electron chi connectivity index (χ0n) is 10.6. The number of aliphatic hydroxyl groups is 1. The van der Waals surface area contributed by atoms with Crippen LogP contribution in [0.15, 0.2) is 12.1 Å². The Labute approximate surface area is 97.7 Å². The zero-order chi connectivity index (χ0) is 12.1. The SMILES string of the molecule is COc1c(C)cc(C)cc1CCN(C)CO. The Morgan fingerprint density at radius 2 is 2.00 bits per heavy atom. The molecule has 0 heterocycles. The molecule has 1 rings (SSSR count). The first-order valence-corrected chi connectivity index (χ1v) is 5.52. The molecule has 3 heteroatoms. The van der Waals surface area contributed by atoms with Gasteiger partial charge in [0.1, 0.15) is 5.75 Å². The molecule has 0 radical (unpaired) electrons. The Bertz CT molecular complexity index is 350. The zero-order valence-corrected chi connectivity index (χ0v) is 10.6. The largest absolute Gasteiger partial charge is 0.496 e. The number of benzene rings is 1. The highest BCUT2D eigenvalue weighted by Gasteiger charge is 2.08. The summed E-state index contributed by atoms with van der Waals surface area (Å²) in [6.45, 7) is 5.07. The summed E-state index contributed by atoms with van der Waals surface area (Å²) in [4.78, 5) is 1.87. The summed E-state index contributed by atoms with van der Waals surface area (Å²) in [5, 5.41) is 8.94. The van der Waals surface area contributed by atoms with E-state index in [1.807, 2.05) is 11.9 Å². The summed E-state index contributed by atoms with van der Waals surface area (Å²) in [6.07, 6.45) is 0.892. The lowest BCUT2D eigenvalue weighted by Crippen LogP contribution is -2.22. The second kappa shape index (κ2) is 5.87. The minimum atomic E-state index is 0.0904. The molecule has 1 aromatic rings. The monoisotopic (exact) mass is 223 g/mol. The van der Waals surface area contributed by atoms with Crippen LogP contribution in [0.25, 0.3) is 0 Å². The number of nitrogens with zero attached hydrogens (tertiary/aromatic N) is 1. The van der Waals surface area contributed by atoms with Crippen LogP contribution in [0.1, 0.15) is 16.7 Å². The van der Waals surface area contributed by atoms with Crippen molar-refractivity contribution in [3.05, 3.63) is 28.8 Å². The van der Waals surface area contributed by atoms with Crippen molar-refractivity contribution in [2.24, 2.45) is 0 Å². The molecule has 0 amide bonds. The molecule has 3 nitrogen and oxygen atoms in total. The van der Waals surface area contributed by atoms with Gasteiger partial charge in [-0.1, -0.05) is 17.7 Å². The summed E-state index contributed by atoms with van der Waals surface area (Å²) in [5.41, 5.74) is 3.63. The lowest BCUT2D eigenvalue weighted by Gasteiger charge is -2.16. The molecule has 0 aliphatic rings. The fourth-order valence-electron chi connectivity index (χ4n) is 1.90. The van der Waals surface area contributed by atoms with Gasteiger partial charge in [0, 0.05) is 6.54 Å². The fraction of sp³-hybridized carbons (Fsp3) is 0.538. The summed E-state index contributed by atoms with van der Waals surface area (Å²) in [6, 6.07) is 4.27. The van der Waals surface area contributed by atoms with E-state index in [9.17, 15) is 0 Å². The smallest absolute Gasteiger partial charge is 0.125 e. The highest BCUT2D eigenvalue weighted by atomic mass is 16.5. The summed E-state index contributed by atoms with van der Waals surface area (Å²) in [7, 11) is 3.60. The van der Waals surface area contributed by atoms with Gasteiger partial charge in [0.15, 0.2) is 0 Å². The van der Waals surface area contributed by atoms with E-state index in [4.69, 9.17) is 9.84 Å². The van der Waals surface area contributed by atoms with Gasteiger partial charge in [0.2, 0.25) is 0 Å². The summed E-state index contributed by atoms with van der Waals surface area (Å²) < 4.78 is 5.42. The van der Waals surface area contributed by atoms with Crippen LogP contribution in [0.3, 0.4) is 0 Å². The van der Waals surface area contributed by atoms with Crippen LogP contribution in [0.4, 0.5) is 0 Å². The molecule has 0 aliphatic heterocycles. The number of hydrogen-bond acceptors (Lipinski definition) is 3. The molecule has 0 aromatic heterocycles. The second-order valence-corrected chi connectivity index (χ2v) is 4.25. The van der Waals surface area contributed by atoms with Crippen molar-refractivity contribution < 1.29 is 9.84 Å². The Hall–Kier alpha value is -1.06. The average molecular weight is 223 g/mol. The number of ether oxygens (including phenoxy) is 1. The number of likely N-dealkylation sites (N-methyl/N-ethyl adjacent to an activating group) is 1. The number of methoxy groups -OCH3 is 1. The van der Waals surface area contributed by atoms with Gasteiger partial charge in [-0.2, -0.15) is 0 Å². The molecule has 0 bridgehead atoms. The van der Waals surface area contributed by atoms with Gasteiger partial charge >= 0.3 is 0 Å². The predicted molar refractivity (Wildman–Crippen MR) is 65.9 cm³/mol. The third-order valence-corrected chi connectivity index (χ3v) is 2.70. The first-order valence-electron chi connectivity index (χ1n) is 5.52. The van der Waals surface area contributed by atoms with Crippen molar-refractivity contribution >= 4 is 0 Å². The highest BCUT2D eigenvalue weighted by Crippen LogP contribution is 2.25. The molecule has 0 spiro atoms. The van der Waals surface area contributed by atoms with E-state index >= 15 is 0 Å². The van der Waals surface area contributed by atoms with Crippen LogP contribution < -0.4 is 4.74 Å². The molecule has 1 N–H and O–H groups in total. The van der Waals surface area contributed by atoms with Gasteiger partial charge in [-0.05, 0) is 38.4 Å². The summed E-state index contributed by atoms with van der Waals surface area (Å²) in [5.74, 6) is 0.969. The quantitative estimate of drug-likeness (QED) is 0.772. The van der Waals surface area contributed by atoms with E-state index in [1.165, 1.54) is 16.7 Å². The van der Waals surface area contributed by atoms with E-state index in [0.29, 0.717) is 0 Å². The van der Waals surface area contributed by atoms with Crippen LogP contribution in [0.2, 0.25) is 0 Å². The molecular weight excluding hydrogens is 202 g/mol. The van der Waals surface area contributed by atoms with Crippen molar-refractivity contribution in [3.63, 3.8) is 0 Å². The average Bonchev–Trinajstić information content (AvgIpc) is 2.25. The fourth-order valence-corrected chi connectivity index (χ4v) is 1.90. The van der Waals surface area contributed by atoms with E-state index in [0.717, 1.165) is 18.7 Å². The number of aliphatic hydroxyl groups excluding tert-OH is 1. The topological polar surface area (TPSA) is 32.7 Å². The highest BCUT2D eigenvalue weighted by molar-refractivity contribution is 5.43. The van der Waals surface area contributed by atoms with Crippen molar-refractivity contribution in [2.75, 3.05) is 27.4 Å². The van der Waals surface area contributed by atoms with E-state index in [2.05, 4.69) is 26.0 Å². The minimum absolute atomic E-state index is 0.0904. The maximum atomic E-state index is 8.94. The molecular formula is C13H21NO2. The maximum Gasteiger partial charge on any atom is 0.125 e. The molecule has 0 saturated carbocycles. The molecule has 0 aliphatic carbocycles. The molecule has 1 aromatic carbocycles. The van der Waals surface area contributed by atoms with Crippen molar-refractivity contribution in [2.45, 2.75) is 20.3 Å². The van der Waals surface area contributed by atoms with Gasteiger partial charge < -0.3 is 9.84 Å². The van der Waals surface area contributed by atoms with Crippen LogP contribution in [-0.2, 0) is 6.42 Å². The van der Waals surface area contributed by atoms with Crippen molar-refractivity contribution in [1.29, 1.82) is 0 Å². The summed E-state index contributed by atoms with van der Waals surface area (Å²) >= 11 is 0. The van der Waals surface area contributed by atoms with Gasteiger partial charge in [-0.15, -0.1) is 0 Å². The predicted octanol–water partition coefficient (Wildman–Crippen LogP) is 1.74. The van der Waals surface area contributed by atoms with Crippen molar-refractivity contribution in [1.82, 2.24) is 4.90 Å². The third-order valence-electron chi connectivity index (χ3n) is 2.70. The minimum Gasteiger partial charge on any atom is -0.496 e. The maximum absolute atomic E-state index is 8.94. The number of rotatable bonds is 5. The van der Waals surface area contributed by atoms with Crippen LogP contribution in [0.5, 0.6) is 5.75 Å². The van der Waals surface area contributed by atoms with E-state index in [1.54, 1.807) is 7.11 Å². The van der Waals surface area contributed by atoms with E-state index < -0.39 is 0 Å². The Morgan fingerprint density at radius 3 is 2.56 bits per heavy atom. The van der Waals surface area contributed by atoms with E-state index in [-0.39, 0.29) is 6.73 Å². The lowest BCUT2D eigenvalue weighted by molar-refractivity contribution is 0.134. The first kappa shape index (κ1) is 13.0. The molecule has 90 valence electrons. The number of hydrogen-bond donors (Lipinski definition) is 1. The van der Waals surface area contributed by atoms with Crippen molar-refractivity contribution in [3.8, 4) is 5.75 Å². The lowest BCUT2D eigenvalue weighted by atomic mass is 10.0. The number of aryl methyl sites for hydroxylation is 2. The molecule has 0 atom stereocenters. The molecule has 0 unspecified atom stereocenters. The molecule has 16 heavy (non-hydrogen) atoms. The van der Waals surface area contributed by atoms with Crippen LogP contribution in [-0.4, -0.2) is 37.4 Å². The Kier molecular flexibility index (Phi) is 4.77. The van der Waals surface area contributed by atoms with Gasteiger partial charge in [0.25, 0.3) is 0 Å². The second-order valence-electron chi connectivity index (χ2n) is 4.25.